The molecule has 0 bridgehead atoms. The molecule has 0 aliphatic carbocycles. The smallest absolute Gasteiger partial charge is 0.251 e. The summed E-state index contributed by atoms with van der Waals surface area (Å²) in [6.45, 7) is 10.8. The molecule has 1 saturated heterocycles. The number of rotatable bonds is 6. The Morgan fingerprint density at radius 3 is 2.40 bits per heavy atom. The van der Waals surface area contributed by atoms with Gasteiger partial charge in [0.05, 0.1) is 14.2 Å². The van der Waals surface area contributed by atoms with E-state index in [0.717, 1.165) is 19.6 Å². The first kappa shape index (κ1) is 19.6. The molecule has 5 heteroatoms. The van der Waals surface area contributed by atoms with Gasteiger partial charge in [-0.05, 0) is 42.9 Å². The molecule has 1 aliphatic rings. The second-order valence-electron chi connectivity index (χ2n) is 8.12. The first-order valence-electron chi connectivity index (χ1n) is 9.04. The van der Waals surface area contributed by atoms with E-state index in [-0.39, 0.29) is 5.91 Å². The lowest BCUT2D eigenvalue weighted by Crippen LogP contribution is -2.43. The zero-order chi connectivity index (χ0) is 18.4. The average molecular weight is 348 g/mol. The molecule has 1 aromatic rings. The maximum absolute atomic E-state index is 12.5. The molecule has 1 atom stereocenters. The third-order valence-corrected chi connectivity index (χ3v) is 4.47. The molecule has 0 radical (unpaired) electrons. The zero-order valence-corrected chi connectivity index (χ0v) is 16.2. The van der Waals surface area contributed by atoms with Gasteiger partial charge in [-0.2, -0.15) is 0 Å². The molecule has 2 rings (SSSR count). The number of likely N-dealkylation sites (tertiary alicyclic amines) is 1. The summed E-state index contributed by atoms with van der Waals surface area (Å²) < 4.78 is 10.5. The third-order valence-electron chi connectivity index (χ3n) is 4.47. The van der Waals surface area contributed by atoms with Crippen molar-refractivity contribution in [3.8, 4) is 11.5 Å². The van der Waals surface area contributed by atoms with E-state index in [0.29, 0.717) is 34.9 Å². The number of carbonyl (C=O) groups excluding carboxylic acids is 1. The summed E-state index contributed by atoms with van der Waals surface area (Å²) in [7, 11) is 3.17. The summed E-state index contributed by atoms with van der Waals surface area (Å²) in [5.74, 6) is 1.68. The Morgan fingerprint density at radius 2 is 1.84 bits per heavy atom. The van der Waals surface area contributed by atoms with Gasteiger partial charge in [0.25, 0.3) is 5.91 Å². The van der Waals surface area contributed by atoms with Crippen LogP contribution in [-0.4, -0.2) is 51.2 Å². The molecular weight excluding hydrogens is 316 g/mol. The Labute approximate surface area is 151 Å². The van der Waals surface area contributed by atoms with Crippen molar-refractivity contribution in [2.24, 2.45) is 11.3 Å². The van der Waals surface area contributed by atoms with Gasteiger partial charge in [0, 0.05) is 31.3 Å². The van der Waals surface area contributed by atoms with Crippen LogP contribution in [0.15, 0.2) is 18.2 Å². The van der Waals surface area contributed by atoms with Crippen LogP contribution in [0.4, 0.5) is 0 Å². The maximum atomic E-state index is 12.5. The highest BCUT2D eigenvalue weighted by molar-refractivity contribution is 5.95. The van der Waals surface area contributed by atoms with Crippen molar-refractivity contribution in [3.05, 3.63) is 23.8 Å². The lowest BCUT2D eigenvalue weighted by Gasteiger charge is -2.36. The summed E-state index contributed by atoms with van der Waals surface area (Å²) in [6.07, 6.45) is 2.37. The van der Waals surface area contributed by atoms with Crippen molar-refractivity contribution in [2.45, 2.75) is 33.6 Å². The number of nitrogens with one attached hydrogen (secondary N) is 1. The topological polar surface area (TPSA) is 50.8 Å². The number of carbonyl (C=O) groups is 1. The predicted octanol–water partition coefficient (Wildman–Crippen LogP) is 3.19. The summed E-state index contributed by atoms with van der Waals surface area (Å²) in [4.78, 5) is 15.0. The minimum absolute atomic E-state index is 0.0786. The van der Waals surface area contributed by atoms with Gasteiger partial charge >= 0.3 is 0 Å². The predicted molar refractivity (Wildman–Crippen MR) is 100 cm³/mol. The molecule has 25 heavy (non-hydrogen) atoms. The van der Waals surface area contributed by atoms with E-state index in [1.807, 2.05) is 0 Å². The Bertz CT molecular complexity index is 559. The molecular formula is C20H32N2O3. The van der Waals surface area contributed by atoms with Gasteiger partial charge in [-0.25, -0.2) is 0 Å². The van der Waals surface area contributed by atoms with Gasteiger partial charge in [-0.1, -0.05) is 20.8 Å². The minimum atomic E-state index is -0.0786. The quantitative estimate of drug-likeness (QED) is 0.858. The van der Waals surface area contributed by atoms with E-state index in [1.54, 1.807) is 32.4 Å². The van der Waals surface area contributed by atoms with Gasteiger partial charge in [-0.3, -0.25) is 4.79 Å². The van der Waals surface area contributed by atoms with Gasteiger partial charge in [0.1, 0.15) is 11.5 Å². The van der Waals surface area contributed by atoms with Crippen molar-refractivity contribution in [1.29, 1.82) is 0 Å². The number of amides is 1. The van der Waals surface area contributed by atoms with E-state index in [2.05, 4.69) is 31.0 Å². The second kappa shape index (κ2) is 8.56. The monoisotopic (exact) mass is 348 g/mol. The van der Waals surface area contributed by atoms with Crippen molar-refractivity contribution < 1.29 is 14.3 Å². The van der Waals surface area contributed by atoms with E-state index >= 15 is 0 Å². The molecule has 1 heterocycles. The fraction of sp³-hybridized carbons (Fsp3) is 0.650. The maximum Gasteiger partial charge on any atom is 0.251 e. The number of hydrogen-bond donors (Lipinski definition) is 1. The van der Waals surface area contributed by atoms with Crippen molar-refractivity contribution >= 4 is 5.91 Å². The molecule has 5 nitrogen and oxygen atoms in total. The Kier molecular flexibility index (Phi) is 6.71. The summed E-state index contributed by atoms with van der Waals surface area (Å²) in [5, 5.41) is 3.08. The summed E-state index contributed by atoms with van der Waals surface area (Å²) in [5.41, 5.74) is 0.876. The Balaban J connectivity index is 1.91. The first-order valence-corrected chi connectivity index (χ1v) is 9.04. The van der Waals surface area contributed by atoms with E-state index in [4.69, 9.17) is 9.47 Å². The normalized spacial score (nSPS) is 18.7. The highest BCUT2D eigenvalue weighted by Crippen LogP contribution is 2.23. The fourth-order valence-electron chi connectivity index (χ4n) is 3.41. The standard InChI is InChI=1S/C20H32N2O3/c1-20(2,3)14-22-8-6-7-15(13-22)12-21-19(23)16-9-17(24-4)11-18(10-16)25-5/h9-11,15H,6-8,12-14H2,1-5H3,(H,21,23). The Hall–Kier alpha value is -1.75. The van der Waals surface area contributed by atoms with Crippen LogP contribution in [0.2, 0.25) is 0 Å². The molecule has 1 N–H and O–H groups in total. The number of piperidine rings is 1. The molecule has 140 valence electrons. The number of benzene rings is 1. The highest BCUT2D eigenvalue weighted by Gasteiger charge is 2.24. The lowest BCUT2D eigenvalue weighted by molar-refractivity contribution is 0.0916. The first-order chi connectivity index (χ1) is 11.8. The van der Waals surface area contributed by atoms with E-state index in [9.17, 15) is 4.79 Å². The number of hydrogen-bond acceptors (Lipinski definition) is 4. The van der Waals surface area contributed by atoms with Crippen LogP contribution in [0, 0.1) is 11.3 Å². The lowest BCUT2D eigenvalue weighted by atomic mass is 9.92. The molecule has 1 unspecified atom stereocenters. The largest absolute Gasteiger partial charge is 0.497 e. The molecule has 1 fully saturated rings. The van der Waals surface area contributed by atoms with Crippen LogP contribution >= 0.6 is 0 Å². The fourth-order valence-corrected chi connectivity index (χ4v) is 3.41. The molecule has 1 amide bonds. The average Bonchev–Trinajstić information content (AvgIpc) is 2.58. The second-order valence-corrected chi connectivity index (χ2v) is 8.12. The van der Waals surface area contributed by atoms with Crippen molar-refractivity contribution in [3.63, 3.8) is 0 Å². The molecule has 1 aromatic carbocycles. The number of ether oxygens (including phenoxy) is 2. The van der Waals surface area contributed by atoms with Crippen LogP contribution in [0.25, 0.3) is 0 Å². The van der Waals surface area contributed by atoms with Gasteiger partial charge in [-0.15, -0.1) is 0 Å². The van der Waals surface area contributed by atoms with Crippen LogP contribution in [0.1, 0.15) is 44.0 Å². The molecule has 0 aromatic heterocycles. The molecule has 1 aliphatic heterocycles. The van der Waals surface area contributed by atoms with Gasteiger partial charge in [0.15, 0.2) is 0 Å². The van der Waals surface area contributed by atoms with Crippen LogP contribution in [0.3, 0.4) is 0 Å². The van der Waals surface area contributed by atoms with E-state index < -0.39 is 0 Å². The number of methoxy groups -OCH3 is 2. The Morgan fingerprint density at radius 1 is 1.20 bits per heavy atom. The van der Waals surface area contributed by atoms with E-state index in [1.165, 1.54) is 12.8 Å². The van der Waals surface area contributed by atoms with Crippen LogP contribution < -0.4 is 14.8 Å². The van der Waals surface area contributed by atoms with Gasteiger partial charge in [0.2, 0.25) is 0 Å². The molecule has 0 saturated carbocycles. The highest BCUT2D eigenvalue weighted by atomic mass is 16.5. The summed E-state index contributed by atoms with van der Waals surface area (Å²) >= 11 is 0. The SMILES string of the molecule is COc1cc(OC)cc(C(=O)NCC2CCCN(CC(C)(C)C)C2)c1. The van der Waals surface area contributed by atoms with Crippen molar-refractivity contribution in [2.75, 3.05) is 40.4 Å². The van der Waals surface area contributed by atoms with Crippen LogP contribution in [0.5, 0.6) is 11.5 Å². The minimum Gasteiger partial charge on any atom is -0.497 e. The molecule has 0 spiro atoms. The van der Waals surface area contributed by atoms with Crippen LogP contribution in [-0.2, 0) is 0 Å². The number of nitrogens with zero attached hydrogens (tertiary/aromatic N) is 1. The zero-order valence-electron chi connectivity index (χ0n) is 16.2. The third kappa shape index (κ3) is 6.24. The van der Waals surface area contributed by atoms with Gasteiger partial charge < -0.3 is 19.7 Å². The summed E-state index contributed by atoms with van der Waals surface area (Å²) in [6, 6.07) is 5.25. The van der Waals surface area contributed by atoms with Crippen molar-refractivity contribution in [1.82, 2.24) is 10.2 Å².